The Morgan fingerprint density at radius 2 is 1.92 bits per heavy atom. The number of aromatic nitrogens is 3. The zero-order valence-electron chi connectivity index (χ0n) is 20.7. The summed E-state index contributed by atoms with van der Waals surface area (Å²) in [4.78, 5) is 19.5. The molecular formula is C27H31N6O3P. The van der Waals surface area contributed by atoms with Crippen LogP contribution in [0.2, 0.25) is 0 Å². The van der Waals surface area contributed by atoms with Crippen LogP contribution in [-0.2, 0) is 6.54 Å². The van der Waals surface area contributed by atoms with Gasteiger partial charge in [0.05, 0.1) is 11.9 Å². The van der Waals surface area contributed by atoms with Gasteiger partial charge in [-0.05, 0) is 43.6 Å². The minimum atomic E-state index is -0.123. The van der Waals surface area contributed by atoms with Crippen LogP contribution >= 0.6 is 8.58 Å². The Balaban J connectivity index is 1.28. The maximum absolute atomic E-state index is 12.8. The van der Waals surface area contributed by atoms with Crippen LogP contribution < -0.4 is 15.9 Å². The highest BCUT2D eigenvalue weighted by atomic mass is 31.1. The predicted octanol–water partition coefficient (Wildman–Crippen LogP) is 3.77. The molecule has 1 fully saturated rings. The molecule has 0 spiro atoms. The normalized spacial score (nSPS) is 15.9. The third-order valence-electron chi connectivity index (χ3n) is 6.72. The first kappa shape index (κ1) is 24.8. The summed E-state index contributed by atoms with van der Waals surface area (Å²) in [5, 5.41) is 32.5. The van der Waals surface area contributed by atoms with Crippen molar-refractivity contribution < 1.29 is 15.0 Å². The fraction of sp³-hybridized carbons (Fsp3) is 0.296. The molecule has 2 amide bonds. The Morgan fingerprint density at radius 1 is 1.14 bits per heavy atom. The fourth-order valence-corrected chi connectivity index (χ4v) is 5.27. The number of phenolic OH excluding ortho intramolecular Hbond substituents is 2. The molecule has 0 aliphatic carbocycles. The lowest BCUT2D eigenvalue weighted by Crippen LogP contribution is -2.46. The number of urea groups is 1. The molecule has 1 aliphatic rings. The summed E-state index contributed by atoms with van der Waals surface area (Å²) in [6.45, 7) is 4.40. The second kappa shape index (κ2) is 11.0. The molecule has 4 N–H and O–H groups in total. The van der Waals surface area contributed by atoms with Crippen LogP contribution in [0.25, 0.3) is 16.9 Å². The minimum Gasteiger partial charge on any atom is -0.508 e. The van der Waals surface area contributed by atoms with E-state index in [1.807, 2.05) is 39.9 Å². The van der Waals surface area contributed by atoms with Gasteiger partial charge in [0, 0.05) is 48.7 Å². The zero-order chi connectivity index (χ0) is 25.8. The molecule has 0 radical (unpaired) electrons. The summed E-state index contributed by atoms with van der Waals surface area (Å²) in [6, 6.07) is 16.0. The third-order valence-corrected chi connectivity index (χ3v) is 7.61. The first-order valence-corrected chi connectivity index (χ1v) is 13.9. The number of piperidine rings is 1. The van der Waals surface area contributed by atoms with E-state index in [4.69, 9.17) is 4.98 Å². The summed E-state index contributed by atoms with van der Waals surface area (Å²) in [5.74, 6) is 1.43. The van der Waals surface area contributed by atoms with Crippen LogP contribution in [0.15, 0.2) is 60.8 Å². The fourth-order valence-electron chi connectivity index (χ4n) is 4.70. The summed E-state index contributed by atoms with van der Waals surface area (Å²) >= 11 is 0. The number of para-hydroxylation sites is 2. The van der Waals surface area contributed by atoms with Gasteiger partial charge in [0.2, 0.25) is 0 Å². The largest absolute Gasteiger partial charge is 0.508 e. The number of carbonyl (C=O) groups is 1. The van der Waals surface area contributed by atoms with Crippen molar-refractivity contribution in [1.82, 2.24) is 24.8 Å². The number of hydrogen-bond donors (Lipinski definition) is 4. The van der Waals surface area contributed by atoms with Gasteiger partial charge in [-0.2, -0.15) is 9.61 Å². The van der Waals surface area contributed by atoms with E-state index in [0.29, 0.717) is 45.0 Å². The first-order chi connectivity index (χ1) is 18.0. The first-order valence-electron chi connectivity index (χ1n) is 12.4. The van der Waals surface area contributed by atoms with Crippen molar-refractivity contribution >= 4 is 31.4 Å². The van der Waals surface area contributed by atoms with E-state index in [9.17, 15) is 15.0 Å². The smallest absolute Gasteiger partial charge is 0.317 e. The van der Waals surface area contributed by atoms with Crippen molar-refractivity contribution in [2.75, 3.05) is 31.6 Å². The summed E-state index contributed by atoms with van der Waals surface area (Å²) in [6.07, 6.45) is 3.78. The van der Waals surface area contributed by atoms with Gasteiger partial charge in [0.25, 0.3) is 0 Å². The van der Waals surface area contributed by atoms with Crippen molar-refractivity contribution in [3.05, 3.63) is 66.4 Å². The van der Waals surface area contributed by atoms with Gasteiger partial charge in [-0.25, -0.2) is 9.78 Å². The quantitative estimate of drug-likeness (QED) is 0.277. The lowest BCUT2D eigenvalue weighted by atomic mass is 9.98. The average Bonchev–Trinajstić information content (AvgIpc) is 3.35. The molecule has 0 bridgehead atoms. The van der Waals surface area contributed by atoms with E-state index in [2.05, 4.69) is 22.4 Å². The minimum absolute atomic E-state index is 0.123. The van der Waals surface area contributed by atoms with Crippen LogP contribution in [0, 0.1) is 5.92 Å². The molecule has 1 saturated heterocycles. The number of hydrogen-bond acceptors (Lipinski definition) is 6. The molecule has 5 rings (SSSR count). The monoisotopic (exact) mass is 518 g/mol. The molecule has 2 aromatic carbocycles. The SMILES string of the molecule is CPc1cnn2c(NCC3CCCN(C(=O)NCc4ccccc4O)C3)cc(-c3ccccc3O)nc12. The van der Waals surface area contributed by atoms with E-state index in [1.54, 1.807) is 30.3 Å². The molecule has 3 heterocycles. The molecule has 2 atom stereocenters. The molecule has 192 valence electrons. The highest BCUT2D eigenvalue weighted by molar-refractivity contribution is 7.46. The molecule has 1 aliphatic heterocycles. The van der Waals surface area contributed by atoms with Gasteiger partial charge in [0.1, 0.15) is 17.3 Å². The van der Waals surface area contributed by atoms with Crippen LogP contribution in [0.1, 0.15) is 18.4 Å². The van der Waals surface area contributed by atoms with Crippen molar-refractivity contribution in [2.24, 2.45) is 5.92 Å². The number of nitrogens with one attached hydrogen (secondary N) is 2. The van der Waals surface area contributed by atoms with Crippen molar-refractivity contribution in [3.8, 4) is 22.8 Å². The molecule has 2 aromatic heterocycles. The summed E-state index contributed by atoms with van der Waals surface area (Å²) < 4.78 is 1.81. The van der Waals surface area contributed by atoms with Crippen molar-refractivity contribution in [2.45, 2.75) is 19.4 Å². The standard InChI is InChI=1S/C27H31N6O3P/c1-37-24-16-30-33-25(13-21(31-26(24)33)20-9-3-5-11-23(20)35)28-14-18-7-6-12-32(17-18)27(36)29-15-19-8-2-4-10-22(19)34/h2-5,8-11,13,16,18,28,34-35,37H,6-7,12,14-15,17H2,1H3,(H,29,36). The van der Waals surface area contributed by atoms with Gasteiger partial charge in [-0.15, -0.1) is 0 Å². The van der Waals surface area contributed by atoms with Crippen LogP contribution in [0.4, 0.5) is 10.6 Å². The summed E-state index contributed by atoms with van der Waals surface area (Å²) in [7, 11) is 0.542. The number of carbonyl (C=O) groups excluding carboxylic acids is 1. The number of phenols is 2. The molecular weight excluding hydrogens is 487 g/mol. The van der Waals surface area contributed by atoms with E-state index in [1.165, 1.54) is 0 Å². The molecule has 9 nitrogen and oxygen atoms in total. The molecule has 0 saturated carbocycles. The lowest BCUT2D eigenvalue weighted by Gasteiger charge is -2.33. The van der Waals surface area contributed by atoms with E-state index in [0.717, 1.165) is 29.6 Å². The Morgan fingerprint density at radius 3 is 2.70 bits per heavy atom. The highest BCUT2D eigenvalue weighted by Gasteiger charge is 2.24. The van der Waals surface area contributed by atoms with E-state index in [-0.39, 0.29) is 30.0 Å². The number of amides is 2. The molecule has 4 aromatic rings. The maximum Gasteiger partial charge on any atom is 0.317 e. The van der Waals surface area contributed by atoms with Crippen LogP contribution in [-0.4, -0.2) is 62.0 Å². The lowest BCUT2D eigenvalue weighted by molar-refractivity contribution is 0.168. The van der Waals surface area contributed by atoms with Crippen LogP contribution in [0.5, 0.6) is 11.5 Å². The Labute approximate surface area is 217 Å². The number of benzene rings is 2. The number of fused-ring (bicyclic) bond motifs is 1. The number of anilines is 1. The topological polar surface area (TPSA) is 115 Å². The van der Waals surface area contributed by atoms with Crippen molar-refractivity contribution in [1.29, 1.82) is 0 Å². The molecule has 37 heavy (non-hydrogen) atoms. The van der Waals surface area contributed by atoms with E-state index < -0.39 is 0 Å². The van der Waals surface area contributed by atoms with Gasteiger partial charge < -0.3 is 25.7 Å². The third kappa shape index (κ3) is 5.47. The van der Waals surface area contributed by atoms with Gasteiger partial charge in [-0.3, -0.25) is 0 Å². The van der Waals surface area contributed by atoms with Gasteiger partial charge in [0.15, 0.2) is 5.65 Å². The summed E-state index contributed by atoms with van der Waals surface area (Å²) in [5.41, 5.74) is 2.82. The second-order valence-corrected chi connectivity index (χ2v) is 10.2. The number of nitrogens with zero attached hydrogens (tertiary/aromatic N) is 4. The average molecular weight is 519 g/mol. The molecule has 10 heteroatoms. The number of aromatic hydroxyl groups is 2. The van der Waals surface area contributed by atoms with Crippen LogP contribution in [0.3, 0.4) is 0 Å². The number of rotatable bonds is 7. The second-order valence-electron chi connectivity index (χ2n) is 9.21. The zero-order valence-corrected chi connectivity index (χ0v) is 21.7. The Hall–Kier alpha value is -3.84. The maximum atomic E-state index is 12.8. The van der Waals surface area contributed by atoms with E-state index >= 15 is 0 Å². The van der Waals surface area contributed by atoms with Crippen molar-refractivity contribution in [3.63, 3.8) is 0 Å². The van der Waals surface area contributed by atoms with Gasteiger partial charge >= 0.3 is 6.03 Å². The Kier molecular flexibility index (Phi) is 7.42. The predicted molar refractivity (Wildman–Crippen MR) is 147 cm³/mol. The highest BCUT2D eigenvalue weighted by Crippen LogP contribution is 2.30. The Bertz CT molecular complexity index is 1410. The number of likely N-dealkylation sites (tertiary alicyclic amines) is 1. The molecule has 2 unspecified atom stereocenters. The van der Waals surface area contributed by atoms with Gasteiger partial charge in [-0.1, -0.05) is 38.9 Å².